The van der Waals surface area contributed by atoms with E-state index in [9.17, 15) is 22.8 Å². The second kappa shape index (κ2) is 16.0. The van der Waals surface area contributed by atoms with Gasteiger partial charge in [-0.05, 0) is 75.1 Å². The van der Waals surface area contributed by atoms with Gasteiger partial charge in [-0.2, -0.15) is 13.2 Å². The van der Waals surface area contributed by atoms with E-state index >= 15 is 0 Å². The molecule has 12 heteroatoms. The van der Waals surface area contributed by atoms with Crippen molar-refractivity contribution in [1.29, 1.82) is 0 Å². The highest BCUT2D eigenvalue weighted by Gasteiger charge is 2.50. The molecule has 1 aliphatic heterocycles. The molecule has 0 bridgehead atoms. The number of halogens is 3. The van der Waals surface area contributed by atoms with Crippen molar-refractivity contribution >= 4 is 36.3 Å². The maximum atomic E-state index is 14.7. The number of alkyl halides is 3. The van der Waals surface area contributed by atoms with Gasteiger partial charge in [-0.1, -0.05) is 137 Å². The fraction of sp³-hybridized carbons (Fsp3) is 0.304. The monoisotopic (exact) mass is 804 g/mol. The highest BCUT2D eigenvalue weighted by molar-refractivity contribution is 6.99. The van der Waals surface area contributed by atoms with Crippen LogP contribution in [-0.4, -0.2) is 52.5 Å². The predicted octanol–water partition coefficient (Wildman–Crippen LogP) is 8.80. The quantitative estimate of drug-likeness (QED) is 0.122. The van der Waals surface area contributed by atoms with Gasteiger partial charge in [0.05, 0.1) is 12.6 Å². The van der Waals surface area contributed by atoms with Crippen molar-refractivity contribution in [2.24, 2.45) is 5.92 Å². The Morgan fingerprint density at radius 2 is 1.48 bits per heavy atom. The minimum atomic E-state index is -4.73. The van der Waals surface area contributed by atoms with Gasteiger partial charge in [-0.15, -0.1) is 10.2 Å². The summed E-state index contributed by atoms with van der Waals surface area (Å²) in [5.41, 5.74) is 4.62. The van der Waals surface area contributed by atoms with Crippen LogP contribution in [0.1, 0.15) is 72.8 Å². The summed E-state index contributed by atoms with van der Waals surface area (Å²) < 4.78 is 55.6. The number of imide groups is 1. The molecule has 1 fully saturated rings. The molecule has 0 aliphatic carbocycles. The molecule has 0 saturated carbocycles. The van der Waals surface area contributed by atoms with E-state index in [4.69, 9.17) is 9.16 Å². The van der Waals surface area contributed by atoms with Crippen LogP contribution in [0.3, 0.4) is 0 Å². The first kappa shape index (κ1) is 40.6. The van der Waals surface area contributed by atoms with Crippen LogP contribution in [0, 0.1) is 19.8 Å². The topological polar surface area (TPSA) is 86.0 Å². The molecule has 8 nitrogen and oxygen atoms in total. The minimum absolute atomic E-state index is 0.0272. The van der Waals surface area contributed by atoms with Crippen molar-refractivity contribution in [1.82, 2.24) is 19.5 Å². The van der Waals surface area contributed by atoms with E-state index < -0.39 is 50.2 Å². The number of carbonyl (C=O) groups is 2. The van der Waals surface area contributed by atoms with E-state index in [0.717, 1.165) is 37.0 Å². The summed E-state index contributed by atoms with van der Waals surface area (Å²) in [6.45, 7) is 12.4. The van der Waals surface area contributed by atoms with Gasteiger partial charge < -0.3 is 9.16 Å². The number of fused-ring (bicyclic) bond motifs is 1. The molecule has 0 radical (unpaired) electrons. The number of ether oxygens (including phenoxy) is 1. The third-order valence-corrected chi connectivity index (χ3v) is 16.4. The van der Waals surface area contributed by atoms with Gasteiger partial charge in [0.25, 0.3) is 8.32 Å². The Balaban J connectivity index is 1.32. The smallest absolute Gasteiger partial charge is 0.447 e. The summed E-state index contributed by atoms with van der Waals surface area (Å²) in [5.74, 6) is -3.15. The van der Waals surface area contributed by atoms with E-state index in [-0.39, 0.29) is 23.9 Å². The van der Waals surface area contributed by atoms with Crippen LogP contribution in [0.25, 0.3) is 5.65 Å². The molecular formula is C46H47F3N4O4Si. The molecule has 2 unspecified atom stereocenters. The second-order valence-electron chi connectivity index (χ2n) is 16.1. The molecule has 300 valence electrons. The first-order chi connectivity index (χ1) is 27.6. The standard InChI is InChI=1S/C46H47F3N4O4Si/c1-30-22-23-34(27-35(30)28-57-58(45(4,5)6,37-18-12-8-13-19-37)38-20-14-9-15-21-38)40(39-24-25-52-41(31(39)2)50-51-43(52)46(47,48)49)32(3)42(54)53-36(29-56-44(53)55)26-33-16-10-7-11-17-33/h7-25,27,32,36,40H,26,28-29H2,1-6H3/t32?,36-,40?/m1/s1. The Kier molecular flexibility index (Phi) is 11.2. The molecule has 58 heavy (non-hydrogen) atoms. The zero-order chi connectivity index (χ0) is 41.4. The Bertz CT molecular complexity index is 2380. The van der Waals surface area contributed by atoms with Crippen LogP contribution >= 0.6 is 0 Å². The van der Waals surface area contributed by atoms with Gasteiger partial charge in [-0.3, -0.25) is 9.20 Å². The van der Waals surface area contributed by atoms with E-state index in [1.807, 2.05) is 91.9 Å². The van der Waals surface area contributed by atoms with Crippen molar-refractivity contribution in [3.63, 3.8) is 0 Å². The molecule has 7 rings (SSSR count). The normalized spacial score (nSPS) is 16.1. The van der Waals surface area contributed by atoms with E-state index in [2.05, 4.69) is 55.2 Å². The molecule has 3 heterocycles. The lowest BCUT2D eigenvalue weighted by Crippen LogP contribution is -2.66. The summed E-state index contributed by atoms with van der Waals surface area (Å²) in [4.78, 5) is 29.2. The van der Waals surface area contributed by atoms with Crippen molar-refractivity contribution < 1.29 is 31.9 Å². The molecular weight excluding hydrogens is 758 g/mol. The van der Waals surface area contributed by atoms with E-state index in [1.165, 1.54) is 11.1 Å². The number of nitrogens with zero attached hydrogens (tertiary/aromatic N) is 4. The van der Waals surface area contributed by atoms with Crippen molar-refractivity contribution in [2.75, 3.05) is 6.61 Å². The largest absolute Gasteiger partial charge is 0.452 e. The lowest BCUT2D eigenvalue weighted by Gasteiger charge is -2.43. The van der Waals surface area contributed by atoms with Crippen molar-refractivity contribution in [3.8, 4) is 0 Å². The van der Waals surface area contributed by atoms with Crippen LogP contribution < -0.4 is 10.4 Å². The third kappa shape index (κ3) is 7.58. The minimum Gasteiger partial charge on any atom is -0.447 e. The van der Waals surface area contributed by atoms with Crippen LogP contribution in [0.5, 0.6) is 0 Å². The molecule has 0 N–H and O–H groups in total. The number of pyridine rings is 1. The molecule has 0 spiro atoms. The van der Waals surface area contributed by atoms with Crippen molar-refractivity contribution in [2.45, 2.75) is 77.7 Å². The van der Waals surface area contributed by atoms with Crippen molar-refractivity contribution in [3.05, 3.63) is 161 Å². The third-order valence-electron chi connectivity index (χ3n) is 11.5. The molecule has 2 aromatic heterocycles. The molecule has 1 saturated heterocycles. The van der Waals surface area contributed by atoms with Gasteiger partial charge in [0, 0.05) is 18.0 Å². The summed E-state index contributed by atoms with van der Waals surface area (Å²) in [5, 5.41) is 9.44. The number of benzene rings is 4. The zero-order valence-corrected chi connectivity index (χ0v) is 34.5. The first-order valence-corrected chi connectivity index (χ1v) is 21.3. The van der Waals surface area contributed by atoms with E-state index in [0.29, 0.717) is 17.5 Å². The van der Waals surface area contributed by atoms with E-state index in [1.54, 1.807) is 19.9 Å². The number of rotatable bonds is 11. The number of cyclic esters (lactones) is 1. The van der Waals surface area contributed by atoms with Crippen LogP contribution in [-0.2, 0) is 33.2 Å². The van der Waals surface area contributed by atoms with Crippen LogP contribution in [0.2, 0.25) is 5.04 Å². The van der Waals surface area contributed by atoms with Gasteiger partial charge in [0.2, 0.25) is 11.7 Å². The zero-order valence-electron chi connectivity index (χ0n) is 33.5. The molecule has 2 amide bonds. The number of carbonyl (C=O) groups excluding carboxylic acids is 2. The van der Waals surface area contributed by atoms with Gasteiger partial charge in [0.15, 0.2) is 5.65 Å². The number of hydrogen-bond acceptors (Lipinski definition) is 6. The summed E-state index contributed by atoms with van der Waals surface area (Å²) in [7, 11) is -2.94. The molecule has 4 aromatic carbocycles. The number of amides is 2. The first-order valence-electron chi connectivity index (χ1n) is 19.4. The maximum absolute atomic E-state index is 14.7. The lowest BCUT2D eigenvalue weighted by molar-refractivity contribution is -0.145. The summed E-state index contributed by atoms with van der Waals surface area (Å²) >= 11 is 0. The fourth-order valence-electron chi connectivity index (χ4n) is 8.48. The average molecular weight is 805 g/mol. The highest BCUT2D eigenvalue weighted by atomic mass is 28.4. The molecule has 3 atom stereocenters. The van der Waals surface area contributed by atoms with Gasteiger partial charge >= 0.3 is 12.3 Å². The van der Waals surface area contributed by atoms with Crippen LogP contribution in [0.15, 0.2) is 121 Å². The number of aromatic nitrogens is 3. The summed E-state index contributed by atoms with van der Waals surface area (Å²) in [6.07, 6.45) is -3.74. The Labute approximate surface area is 337 Å². The van der Waals surface area contributed by atoms with Crippen LogP contribution in [0.4, 0.5) is 18.0 Å². The number of hydrogen-bond donors (Lipinski definition) is 0. The Hall–Kier alpha value is -5.59. The Morgan fingerprint density at radius 3 is 2.07 bits per heavy atom. The average Bonchev–Trinajstić information content (AvgIpc) is 3.81. The Morgan fingerprint density at radius 1 is 0.879 bits per heavy atom. The number of aryl methyl sites for hydroxylation is 2. The van der Waals surface area contributed by atoms with Gasteiger partial charge in [0.1, 0.15) is 6.61 Å². The molecule has 1 aliphatic rings. The SMILES string of the molecule is Cc1ccc(C(c2ccn3c(C(F)(F)F)nnc3c2C)C(C)C(=O)N2C(=O)OC[C@H]2Cc2ccccc2)cc1CO[Si](c1ccccc1)(c1ccccc1)C(C)(C)C. The van der Waals surface area contributed by atoms with Gasteiger partial charge in [-0.25, -0.2) is 9.69 Å². The maximum Gasteiger partial charge on any atom is 0.452 e. The lowest BCUT2D eigenvalue weighted by atomic mass is 9.78. The fourth-order valence-corrected chi connectivity index (χ4v) is 13.0. The molecule has 6 aromatic rings. The second-order valence-corrected chi connectivity index (χ2v) is 20.4. The summed E-state index contributed by atoms with van der Waals surface area (Å²) in [6, 6.07) is 37.3. The highest BCUT2D eigenvalue weighted by Crippen LogP contribution is 2.41. The predicted molar refractivity (Wildman–Crippen MR) is 219 cm³/mol.